The van der Waals surface area contributed by atoms with Crippen LogP contribution in [0.2, 0.25) is 5.02 Å². The molecule has 3 aliphatic rings. The molecule has 0 unspecified atom stereocenters. The number of aromatic nitrogens is 2. The van der Waals surface area contributed by atoms with E-state index in [9.17, 15) is 22.8 Å². The smallest absolute Gasteiger partial charge is 0.384 e. The van der Waals surface area contributed by atoms with Crippen molar-refractivity contribution in [3.63, 3.8) is 0 Å². The fourth-order valence-corrected chi connectivity index (χ4v) is 3.67. The van der Waals surface area contributed by atoms with Crippen molar-refractivity contribution >= 4 is 29.5 Å². The molecular formula is C18H16ClF3N6O2. The molecule has 1 aromatic rings. The van der Waals surface area contributed by atoms with Crippen LogP contribution in [0.25, 0.3) is 0 Å². The minimum atomic E-state index is -5.15. The average molecular weight is 441 g/mol. The zero-order valence-electron chi connectivity index (χ0n) is 15.3. The van der Waals surface area contributed by atoms with Crippen molar-refractivity contribution in [3.8, 4) is 0 Å². The van der Waals surface area contributed by atoms with Gasteiger partial charge in [-0.05, 0) is 18.2 Å². The maximum absolute atomic E-state index is 13.9. The van der Waals surface area contributed by atoms with E-state index in [0.717, 1.165) is 18.0 Å². The molecule has 1 aliphatic carbocycles. The Morgan fingerprint density at radius 1 is 1.20 bits per heavy atom. The number of anilines is 1. The third-order valence-electron chi connectivity index (χ3n) is 5.10. The zero-order chi connectivity index (χ0) is 21.5. The Morgan fingerprint density at radius 3 is 2.60 bits per heavy atom. The van der Waals surface area contributed by atoms with Crippen LogP contribution in [0, 0.1) is 5.92 Å². The van der Waals surface area contributed by atoms with E-state index < -0.39 is 29.7 Å². The molecule has 0 bridgehead atoms. The highest BCUT2D eigenvalue weighted by Gasteiger charge is 2.68. The largest absolute Gasteiger partial charge is 0.440 e. The standard InChI is InChI=1S/C18H16ClF3N6O2/c19-11-8-24-15(25-9-11)26-17(18(20,21)22)14(29)28(16(30)27-17)6-5-10-7-23-13-4-2-1-3-12(10)13/h1-4,7-9,12-13,23H,5-6H2,(H,27,30)(H,24,25,26)/t12-,13-,17-/m0/s1. The van der Waals surface area contributed by atoms with E-state index in [-0.39, 0.29) is 29.9 Å². The van der Waals surface area contributed by atoms with E-state index in [2.05, 4.69) is 15.3 Å². The first-order valence-electron chi connectivity index (χ1n) is 8.98. The molecular weight excluding hydrogens is 425 g/mol. The maximum Gasteiger partial charge on any atom is 0.440 e. The van der Waals surface area contributed by atoms with Crippen molar-refractivity contribution in [2.24, 2.45) is 5.92 Å². The van der Waals surface area contributed by atoms with E-state index in [1.807, 2.05) is 29.6 Å². The van der Waals surface area contributed by atoms with Gasteiger partial charge in [-0.1, -0.05) is 35.9 Å². The number of carbonyl (C=O) groups excluding carboxylic acids is 2. The lowest BCUT2D eigenvalue weighted by Gasteiger charge is -2.29. The second-order valence-electron chi connectivity index (χ2n) is 6.94. The number of amides is 3. The molecule has 0 radical (unpaired) electrons. The third kappa shape index (κ3) is 3.38. The predicted octanol–water partition coefficient (Wildman–Crippen LogP) is 2.34. The number of halogens is 4. The number of hydrogen-bond acceptors (Lipinski definition) is 6. The Hall–Kier alpha value is -3.08. The van der Waals surface area contributed by atoms with Gasteiger partial charge in [-0.2, -0.15) is 13.2 Å². The van der Waals surface area contributed by atoms with Crippen LogP contribution in [0.15, 0.2) is 48.5 Å². The fourth-order valence-electron chi connectivity index (χ4n) is 3.57. The van der Waals surface area contributed by atoms with Crippen molar-refractivity contribution in [2.75, 3.05) is 11.9 Å². The molecule has 0 saturated carbocycles. The Labute approximate surface area is 173 Å². The number of carbonyl (C=O) groups is 2. The topological polar surface area (TPSA) is 99.2 Å². The second-order valence-corrected chi connectivity index (χ2v) is 7.38. The van der Waals surface area contributed by atoms with Crippen LogP contribution in [-0.4, -0.2) is 51.2 Å². The van der Waals surface area contributed by atoms with Gasteiger partial charge in [0.25, 0.3) is 11.6 Å². The highest BCUT2D eigenvalue weighted by Crippen LogP contribution is 2.37. The minimum Gasteiger partial charge on any atom is -0.384 e. The predicted molar refractivity (Wildman–Crippen MR) is 101 cm³/mol. The highest BCUT2D eigenvalue weighted by molar-refractivity contribution is 6.30. The Balaban J connectivity index is 1.52. The number of hydrogen-bond donors (Lipinski definition) is 3. The summed E-state index contributed by atoms with van der Waals surface area (Å²) in [6, 6.07) is -1.09. The van der Waals surface area contributed by atoms with E-state index >= 15 is 0 Å². The number of imide groups is 1. The number of nitrogens with zero attached hydrogens (tertiary/aromatic N) is 3. The SMILES string of the molecule is O=C1N[C@](Nc2ncc(Cl)cn2)(C(F)(F)F)C(=O)N1CCC1=CN[C@H]2C=CC=C[C@@H]12. The molecule has 1 saturated heterocycles. The van der Waals surface area contributed by atoms with Gasteiger partial charge in [-0.25, -0.2) is 14.8 Å². The third-order valence-corrected chi connectivity index (χ3v) is 5.29. The van der Waals surface area contributed by atoms with Gasteiger partial charge < -0.3 is 10.6 Å². The monoisotopic (exact) mass is 440 g/mol. The number of fused-ring (bicyclic) bond motifs is 1. The molecule has 3 N–H and O–H groups in total. The van der Waals surface area contributed by atoms with Gasteiger partial charge in [-0.3, -0.25) is 15.0 Å². The van der Waals surface area contributed by atoms with Crippen LogP contribution in [0.3, 0.4) is 0 Å². The van der Waals surface area contributed by atoms with Gasteiger partial charge in [0.15, 0.2) is 0 Å². The summed E-state index contributed by atoms with van der Waals surface area (Å²) in [7, 11) is 0. The van der Waals surface area contributed by atoms with Gasteiger partial charge in [0.2, 0.25) is 5.95 Å². The number of rotatable bonds is 5. The lowest BCUT2D eigenvalue weighted by Crippen LogP contribution is -2.64. The molecule has 8 nitrogen and oxygen atoms in total. The summed E-state index contributed by atoms with van der Waals surface area (Å²) < 4.78 is 41.7. The Morgan fingerprint density at radius 2 is 1.90 bits per heavy atom. The average Bonchev–Trinajstić information content (AvgIpc) is 3.21. The number of alkyl halides is 3. The van der Waals surface area contributed by atoms with Crippen LogP contribution in [0.1, 0.15) is 6.42 Å². The highest BCUT2D eigenvalue weighted by atomic mass is 35.5. The molecule has 3 atom stereocenters. The van der Waals surface area contributed by atoms with Crippen molar-refractivity contribution in [3.05, 3.63) is 53.5 Å². The molecule has 12 heteroatoms. The molecule has 4 rings (SSSR count). The summed E-state index contributed by atoms with van der Waals surface area (Å²) in [6.45, 7) is -0.208. The van der Waals surface area contributed by atoms with Crippen LogP contribution in [0.5, 0.6) is 0 Å². The Bertz CT molecular complexity index is 962. The summed E-state index contributed by atoms with van der Waals surface area (Å²) in [5.74, 6) is -1.94. The van der Waals surface area contributed by atoms with Gasteiger partial charge in [0.1, 0.15) is 0 Å². The van der Waals surface area contributed by atoms with Gasteiger partial charge >= 0.3 is 12.2 Å². The lowest BCUT2D eigenvalue weighted by molar-refractivity contribution is -0.188. The fraction of sp³-hybridized carbons (Fsp3) is 0.333. The summed E-state index contributed by atoms with van der Waals surface area (Å²) in [6.07, 6.45) is 6.69. The number of urea groups is 1. The molecule has 1 fully saturated rings. The van der Waals surface area contributed by atoms with Crippen molar-refractivity contribution in [1.82, 2.24) is 25.5 Å². The first-order valence-corrected chi connectivity index (χ1v) is 9.35. The maximum atomic E-state index is 13.9. The molecule has 30 heavy (non-hydrogen) atoms. The lowest BCUT2D eigenvalue weighted by atomic mass is 9.90. The second kappa shape index (κ2) is 7.31. The zero-order valence-corrected chi connectivity index (χ0v) is 16.0. The molecule has 3 amide bonds. The van der Waals surface area contributed by atoms with Crippen LogP contribution >= 0.6 is 11.6 Å². The molecule has 1 aromatic heterocycles. The summed E-state index contributed by atoms with van der Waals surface area (Å²) >= 11 is 5.64. The first kappa shape index (κ1) is 20.2. The van der Waals surface area contributed by atoms with Crippen molar-refractivity contribution < 1.29 is 22.8 Å². The van der Waals surface area contributed by atoms with E-state index in [1.54, 1.807) is 11.5 Å². The van der Waals surface area contributed by atoms with Gasteiger partial charge in [-0.15, -0.1) is 0 Å². The van der Waals surface area contributed by atoms with Crippen LogP contribution < -0.4 is 16.0 Å². The van der Waals surface area contributed by atoms with E-state index in [0.29, 0.717) is 4.90 Å². The number of allylic oxidation sites excluding steroid dienone is 2. The van der Waals surface area contributed by atoms with Crippen LogP contribution in [0.4, 0.5) is 23.9 Å². The van der Waals surface area contributed by atoms with E-state index in [1.165, 1.54) is 0 Å². The molecule has 0 spiro atoms. The summed E-state index contributed by atoms with van der Waals surface area (Å²) in [5.41, 5.74) is -2.48. The number of nitrogens with one attached hydrogen (secondary N) is 3. The minimum absolute atomic E-state index is 0.0312. The van der Waals surface area contributed by atoms with E-state index in [4.69, 9.17) is 11.6 Å². The summed E-state index contributed by atoms with van der Waals surface area (Å²) in [5, 5.41) is 6.92. The van der Waals surface area contributed by atoms with Crippen molar-refractivity contribution in [1.29, 1.82) is 0 Å². The molecule has 158 valence electrons. The van der Waals surface area contributed by atoms with Gasteiger partial charge in [0.05, 0.1) is 23.5 Å². The molecule has 0 aromatic carbocycles. The van der Waals surface area contributed by atoms with Gasteiger partial charge in [0, 0.05) is 12.5 Å². The quantitative estimate of drug-likeness (QED) is 0.608. The molecule has 3 heterocycles. The van der Waals surface area contributed by atoms with Crippen molar-refractivity contribution in [2.45, 2.75) is 24.3 Å². The van der Waals surface area contributed by atoms with Crippen LogP contribution in [-0.2, 0) is 4.79 Å². The Kier molecular flexibility index (Phi) is 4.92. The summed E-state index contributed by atoms with van der Waals surface area (Å²) in [4.78, 5) is 32.9. The molecule has 2 aliphatic heterocycles. The normalized spacial score (nSPS) is 27.6. The first-order chi connectivity index (χ1) is 14.2.